The van der Waals surface area contributed by atoms with E-state index in [1.165, 1.54) is 132 Å². The van der Waals surface area contributed by atoms with E-state index in [-0.39, 0.29) is 0 Å². The second-order valence-corrected chi connectivity index (χ2v) is 34.0. The van der Waals surface area contributed by atoms with Crippen LogP contribution in [-0.4, -0.2) is 27.7 Å². The average molecular weight is 1660 g/mol. The third kappa shape index (κ3) is 12.5. The van der Waals surface area contributed by atoms with Crippen LogP contribution in [0.25, 0.3) is 237 Å². The van der Waals surface area contributed by atoms with Gasteiger partial charge in [0.15, 0.2) is 0 Å². The summed E-state index contributed by atoms with van der Waals surface area (Å²) in [5.74, 6) is 0.927. The Bertz CT molecular complexity index is 9320. The molecule has 0 unspecified atom stereocenters. The van der Waals surface area contributed by atoms with Gasteiger partial charge in [0.1, 0.15) is 44.7 Å². The summed E-state index contributed by atoms with van der Waals surface area (Å²) in [6.07, 6.45) is 0. The van der Waals surface area contributed by atoms with Gasteiger partial charge in [0.25, 0.3) is 0 Å². The summed E-state index contributed by atoms with van der Waals surface area (Å²) in [7, 11) is 0. The summed E-state index contributed by atoms with van der Waals surface area (Å²) in [6.45, 7) is 8.51. The number of rotatable bonds is 7. The predicted molar refractivity (Wildman–Crippen MR) is 536 cm³/mol. The minimum absolute atomic E-state index is 0.919. The third-order valence-corrected chi connectivity index (χ3v) is 25.9. The van der Waals surface area contributed by atoms with Crippen molar-refractivity contribution in [2.45, 2.75) is 27.7 Å². The Balaban J connectivity index is 0.0000000935. The zero-order valence-electron chi connectivity index (χ0n) is 71.1. The first-order valence-corrected chi connectivity index (χ1v) is 43.9. The zero-order chi connectivity index (χ0) is 85.6. The molecule has 0 atom stereocenters. The largest absolute Gasteiger partial charge is 0.456 e. The molecule has 0 aliphatic carbocycles. The molecule has 0 fully saturated rings. The molecular weight excluding hydrogens is 1580 g/mol. The van der Waals surface area contributed by atoms with Gasteiger partial charge in [-0.05, 0) is 255 Å². The van der Waals surface area contributed by atoms with Crippen LogP contribution in [0.3, 0.4) is 0 Å². The molecular formula is C119H80N6O4. The molecule has 28 rings (SSSR count). The minimum atomic E-state index is 0.919. The van der Waals surface area contributed by atoms with Gasteiger partial charge in [-0.1, -0.05) is 241 Å². The Morgan fingerprint density at radius 1 is 0.171 bits per heavy atom. The Labute approximate surface area is 740 Å². The lowest BCUT2D eigenvalue weighted by atomic mass is 10.0. The van der Waals surface area contributed by atoms with Crippen molar-refractivity contribution >= 4 is 181 Å². The number of aryl methyl sites for hydroxylation is 4. The van der Waals surface area contributed by atoms with Crippen molar-refractivity contribution in [1.29, 1.82) is 0 Å². The summed E-state index contributed by atoms with van der Waals surface area (Å²) in [5, 5.41) is 16.9. The van der Waals surface area contributed by atoms with Crippen molar-refractivity contribution in [2.75, 3.05) is 0 Å². The first-order valence-electron chi connectivity index (χ1n) is 43.9. The highest BCUT2D eigenvalue weighted by Crippen LogP contribution is 2.44. The van der Waals surface area contributed by atoms with Crippen LogP contribution in [0.15, 0.2) is 430 Å². The predicted octanol–water partition coefficient (Wildman–Crippen LogP) is 32.6. The highest BCUT2D eigenvalue weighted by Gasteiger charge is 2.23. The van der Waals surface area contributed by atoms with E-state index in [4.69, 9.17) is 22.7 Å². The van der Waals surface area contributed by atoms with E-state index in [2.05, 4.69) is 433 Å². The number of imidazole rings is 2. The SMILES string of the molecule is Cc1ccc2oc3ccc(-c4ccc5oc6ccccc6c5c4)cc3c2c1.Cc1ccc2oc3ccc(-c4cccc(-n5c6ccccc6c6ccccc65)c4)cc3c2c1.Cc1cccc(-c2ccc3c(c2)c2ccccc2n3-c2ccc3oc4ccccc4c3c2)c1.Cc1cccc(-n2c3ccc(-n4c5ccccc5c5ccccc54)cc3n3c4ccccc4nc23)c1. The summed E-state index contributed by atoms with van der Waals surface area (Å²) in [6, 6.07) is 146. The Hall–Kier alpha value is -17.0. The van der Waals surface area contributed by atoms with E-state index in [1.807, 2.05) is 30.3 Å². The van der Waals surface area contributed by atoms with Gasteiger partial charge in [-0.15, -0.1) is 0 Å². The summed E-state index contributed by atoms with van der Waals surface area (Å²) in [4.78, 5) is 5.07. The van der Waals surface area contributed by atoms with Gasteiger partial charge in [-0.2, -0.15) is 0 Å². The minimum Gasteiger partial charge on any atom is -0.456 e. The number of aromatic nitrogens is 6. The van der Waals surface area contributed by atoms with Crippen molar-refractivity contribution in [3.8, 4) is 56.1 Å². The van der Waals surface area contributed by atoms with Gasteiger partial charge in [-0.3, -0.25) is 8.97 Å². The molecule has 129 heavy (non-hydrogen) atoms. The van der Waals surface area contributed by atoms with E-state index in [1.54, 1.807) is 0 Å². The number of hydrogen-bond acceptors (Lipinski definition) is 5. The molecule has 10 nitrogen and oxygen atoms in total. The summed E-state index contributed by atoms with van der Waals surface area (Å²) < 4.78 is 35.8. The molecule has 9 heterocycles. The van der Waals surface area contributed by atoms with Crippen molar-refractivity contribution < 1.29 is 17.7 Å². The molecule has 0 saturated heterocycles. The Morgan fingerprint density at radius 2 is 0.481 bits per heavy atom. The van der Waals surface area contributed by atoms with Crippen LogP contribution in [0, 0.1) is 27.7 Å². The van der Waals surface area contributed by atoms with Gasteiger partial charge in [0, 0.05) is 98.2 Å². The molecule has 9 aromatic heterocycles. The highest BCUT2D eigenvalue weighted by atomic mass is 16.3. The lowest BCUT2D eigenvalue weighted by Gasteiger charge is -2.10. The van der Waals surface area contributed by atoms with Gasteiger partial charge < -0.3 is 31.4 Å². The van der Waals surface area contributed by atoms with Gasteiger partial charge in [0.05, 0.1) is 55.2 Å². The first kappa shape index (κ1) is 74.7. The second-order valence-electron chi connectivity index (χ2n) is 34.0. The van der Waals surface area contributed by atoms with E-state index in [9.17, 15) is 0 Å². The molecule has 0 bridgehead atoms. The molecule has 0 N–H and O–H groups in total. The Morgan fingerprint density at radius 3 is 0.977 bits per heavy atom. The van der Waals surface area contributed by atoms with Crippen LogP contribution in [0.1, 0.15) is 22.3 Å². The lowest BCUT2D eigenvalue weighted by molar-refractivity contribution is 0.668. The fourth-order valence-electron chi connectivity index (χ4n) is 19.9. The van der Waals surface area contributed by atoms with Gasteiger partial charge in [0.2, 0.25) is 5.78 Å². The molecule has 0 saturated carbocycles. The lowest BCUT2D eigenvalue weighted by Crippen LogP contribution is -1.96. The number of nitrogens with zero attached hydrogens (tertiary/aromatic N) is 6. The number of benzene rings is 19. The molecule has 0 amide bonds. The number of fused-ring (bicyclic) bond motifs is 26. The molecule has 0 aliphatic rings. The molecule has 0 aliphatic heterocycles. The average Bonchev–Trinajstić information content (AvgIpc) is 1.54. The molecule has 610 valence electrons. The standard InChI is InChI=1S/C32H22N4.2C31H21NO.C25H16O2/c1-21-9-8-10-22(19-21)35-30-18-17-23(20-31(30)36-29-16-7-4-13-26(29)33-32(35)36)34-27-14-5-2-11-24(27)25-12-3-6-15-28(25)34;1-20-13-15-30-26(17-20)27-19-22(14-16-31(27)33-30)21-7-6-8-23(18-21)32-28-11-4-2-9-24(28)25-10-3-5-12-29(25)32;1-20-7-6-8-21(17-20)22-13-15-29-26(18-22)24-9-2-4-11-28(24)32(29)23-14-16-31-27(19-23)25-10-3-5-12-30(25)33-31;1-15-6-9-23-19(12-15)21-14-17(8-11-25(21)27-23)16-7-10-24-20(13-16)18-4-2-3-5-22(18)26-24/h2-20H,1H3;2*2-19H,1H3;2-14H,1H3. The molecule has 19 aromatic carbocycles. The van der Waals surface area contributed by atoms with Crippen LogP contribution in [0.2, 0.25) is 0 Å². The maximum Gasteiger partial charge on any atom is 0.220 e. The summed E-state index contributed by atoms with van der Waals surface area (Å²) >= 11 is 0. The number of furan rings is 4. The van der Waals surface area contributed by atoms with Crippen LogP contribution >= 0.6 is 0 Å². The maximum atomic E-state index is 6.07. The third-order valence-electron chi connectivity index (χ3n) is 25.9. The van der Waals surface area contributed by atoms with Gasteiger partial charge >= 0.3 is 0 Å². The second kappa shape index (κ2) is 29.9. The van der Waals surface area contributed by atoms with Crippen LogP contribution < -0.4 is 0 Å². The topological polar surface area (TPSA) is 89.6 Å². The molecule has 0 spiro atoms. The summed E-state index contributed by atoms with van der Waals surface area (Å²) in [5.41, 5.74) is 35.9. The van der Waals surface area contributed by atoms with Crippen molar-refractivity contribution in [3.63, 3.8) is 0 Å². The van der Waals surface area contributed by atoms with E-state index >= 15 is 0 Å². The number of para-hydroxylation sites is 9. The van der Waals surface area contributed by atoms with Crippen LogP contribution in [-0.2, 0) is 0 Å². The van der Waals surface area contributed by atoms with E-state index < -0.39 is 0 Å². The van der Waals surface area contributed by atoms with E-state index in [0.717, 1.165) is 128 Å². The first-order chi connectivity index (χ1) is 63.6. The van der Waals surface area contributed by atoms with Crippen LogP contribution in [0.4, 0.5) is 0 Å². The highest BCUT2D eigenvalue weighted by molar-refractivity contribution is 6.15. The zero-order valence-corrected chi connectivity index (χ0v) is 71.1. The van der Waals surface area contributed by atoms with Crippen molar-refractivity contribution in [1.82, 2.24) is 27.7 Å². The number of hydrogen-bond donors (Lipinski definition) is 0. The quantitative estimate of drug-likeness (QED) is 0.159. The monoisotopic (exact) mass is 1660 g/mol. The van der Waals surface area contributed by atoms with Crippen LogP contribution in [0.5, 0.6) is 0 Å². The fourth-order valence-corrected chi connectivity index (χ4v) is 19.9. The molecule has 28 aromatic rings. The normalized spacial score (nSPS) is 11.9. The molecule has 10 heteroatoms. The smallest absolute Gasteiger partial charge is 0.220 e. The molecule has 0 radical (unpaired) electrons. The van der Waals surface area contributed by atoms with E-state index in [0.29, 0.717) is 0 Å². The fraction of sp³-hybridized carbons (Fsp3) is 0.0336. The van der Waals surface area contributed by atoms with Gasteiger partial charge in [-0.25, -0.2) is 4.98 Å². The van der Waals surface area contributed by atoms with Crippen molar-refractivity contribution in [3.05, 3.63) is 435 Å². The Kier molecular flexibility index (Phi) is 17.3. The van der Waals surface area contributed by atoms with Crippen molar-refractivity contribution in [2.24, 2.45) is 0 Å². The maximum absolute atomic E-state index is 6.07.